The molecule has 1 unspecified atom stereocenters. The van der Waals surface area contributed by atoms with Crippen molar-refractivity contribution in [1.29, 1.82) is 0 Å². The SMILES string of the molecule is CC(=O)N1C=Cc2ccccc2C1CC(=O)N1CCN(Cc2nc(-c3cccs3)no2)CC1. The zero-order valence-electron chi connectivity index (χ0n) is 18.4. The van der Waals surface area contributed by atoms with E-state index < -0.39 is 0 Å². The molecular formula is C24H25N5O3S. The number of rotatable bonds is 5. The number of amides is 2. The molecule has 2 amide bonds. The number of benzene rings is 1. The lowest BCUT2D eigenvalue weighted by Crippen LogP contribution is -2.49. The van der Waals surface area contributed by atoms with Crippen molar-refractivity contribution in [2.75, 3.05) is 26.2 Å². The number of aromatic nitrogens is 2. The fraction of sp³-hybridized carbons (Fsp3) is 0.333. The quantitative estimate of drug-likeness (QED) is 0.577. The smallest absolute Gasteiger partial charge is 0.241 e. The fourth-order valence-corrected chi connectivity index (χ4v) is 5.03. The second-order valence-electron chi connectivity index (χ2n) is 8.24. The maximum atomic E-state index is 13.1. The molecule has 0 bridgehead atoms. The van der Waals surface area contributed by atoms with Crippen LogP contribution in [0.2, 0.25) is 0 Å². The minimum Gasteiger partial charge on any atom is -0.340 e. The Morgan fingerprint density at radius 3 is 2.70 bits per heavy atom. The average molecular weight is 464 g/mol. The minimum atomic E-state index is -0.275. The van der Waals surface area contributed by atoms with Gasteiger partial charge in [-0.05, 0) is 28.6 Å². The third kappa shape index (κ3) is 4.60. The monoisotopic (exact) mass is 463 g/mol. The molecule has 1 aromatic carbocycles. The van der Waals surface area contributed by atoms with Crippen LogP contribution in [-0.4, -0.2) is 62.8 Å². The van der Waals surface area contributed by atoms with Crippen molar-refractivity contribution in [3.8, 4) is 10.7 Å². The van der Waals surface area contributed by atoms with E-state index in [9.17, 15) is 9.59 Å². The Labute approximate surface area is 196 Å². The number of carbonyl (C=O) groups is 2. The number of piperazine rings is 1. The highest BCUT2D eigenvalue weighted by atomic mass is 32.1. The van der Waals surface area contributed by atoms with Gasteiger partial charge in [0.1, 0.15) is 0 Å². The normalized spacial score (nSPS) is 18.4. The summed E-state index contributed by atoms with van der Waals surface area (Å²) in [6.07, 6.45) is 3.99. The van der Waals surface area contributed by atoms with Gasteiger partial charge in [0, 0.05) is 39.3 Å². The third-order valence-corrected chi connectivity index (χ3v) is 7.00. The van der Waals surface area contributed by atoms with E-state index in [1.165, 1.54) is 6.92 Å². The highest BCUT2D eigenvalue weighted by Gasteiger charge is 2.31. The van der Waals surface area contributed by atoms with Crippen LogP contribution in [0.25, 0.3) is 16.8 Å². The molecule has 0 spiro atoms. The maximum absolute atomic E-state index is 13.1. The lowest BCUT2D eigenvalue weighted by atomic mass is 9.93. The molecule has 2 aliphatic heterocycles. The Hall–Kier alpha value is -3.30. The van der Waals surface area contributed by atoms with E-state index in [1.54, 1.807) is 22.4 Å². The molecule has 1 atom stereocenters. The van der Waals surface area contributed by atoms with Gasteiger partial charge in [-0.15, -0.1) is 11.3 Å². The van der Waals surface area contributed by atoms with Gasteiger partial charge in [0.2, 0.25) is 23.5 Å². The molecule has 1 fully saturated rings. The topological polar surface area (TPSA) is 82.8 Å². The molecule has 8 nitrogen and oxygen atoms in total. The lowest BCUT2D eigenvalue weighted by Gasteiger charge is -2.37. The molecule has 0 N–H and O–H groups in total. The summed E-state index contributed by atoms with van der Waals surface area (Å²) in [5, 5.41) is 6.05. The van der Waals surface area contributed by atoms with Crippen LogP contribution in [0.4, 0.5) is 0 Å². The van der Waals surface area contributed by atoms with E-state index >= 15 is 0 Å². The second-order valence-corrected chi connectivity index (χ2v) is 9.18. The van der Waals surface area contributed by atoms with Crippen LogP contribution in [0.3, 0.4) is 0 Å². The summed E-state index contributed by atoms with van der Waals surface area (Å²) in [6, 6.07) is 11.6. The molecule has 9 heteroatoms. The summed E-state index contributed by atoms with van der Waals surface area (Å²) in [6.45, 7) is 4.85. The molecule has 0 aliphatic carbocycles. The van der Waals surface area contributed by atoms with E-state index in [2.05, 4.69) is 15.0 Å². The number of fused-ring (bicyclic) bond motifs is 1. The average Bonchev–Trinajstić information content (AvgIpc) is 3.52. The number of hydrogen-bond donors (Lipinski definition) is 0. The first kappa shape index (κ1) is 21.5. The Balaban J connectivity index is 1.18. The van der Waals surface area contributed by atoms with Crippen LogP contribution in [0.5, 0.6) is 0 Å². The highest BCUT2D eigenvalue weighted by Crippen LogP contribution is 2.33. The largest absolute Gasteiger partial charge is 0.340 e. The van der Waals surface area contributed by atoms with Crippen molar-refractivity contribution in [3.63, 3.8) is 0 Å². The molecule has 1 saturated heterocycles. The number of nitrogens with zero attached hydrogens (tertiary/aromatic N) is 5. The number of hydrogen-bond acceptors (Lipinski definition) is 7. The summed E-state index contributed by atoms with van der Waals surface area (Å²) in [4.78, 5) is 36.6. The minimum absolute atomic E-state index is 0.0637. The molecule has 4 heterocycles. The lowest BCUT2D eigenvalue weighted by molar-refractivity contribution is -0.136. The van der Waals surface area contributed by atoms with Gasteiger partial charge in [0.25, 0.3) is 0 Å². The van der Waals surface area contributed by atoms with Crippen LogP contribution in [0, 0.1) is 0 Å². The molecule has 0 radical (unpaired) electrons. The van der Waals surface area contributed by atoms with Gasteiger partial charge >= 0.3 is 0 Å². The third-order valence-electron chi connectivity index (χ3n) is 6.13. The Kier molecular flexibility index (Phi) is 6.06. The van der Waals surface area contributed by atoms with Crippen LogP contribution in [0.1, 0.15) is 36.4 Å². The van der Waals surface area contributed by atoms with E-state index in [4.69, 9.17) is 4.52 Å². The Morgan fingerprint density at radius 2 is 1.94 bits per heavy atom. The molecule has 3 aromatic rings. The van der Waals surface area contributed by atoms with Crippen LogP contribution in [-0.2, 0) is 16.1 Å². The van der Waals surface area contributed by atoms with Gasteiger partial charge in [0.05, 0.1) is 23.9 Å². The summed E-state index contributed by atoms with van der Waals surface area (Å²) in [5.41, 5.74) is 2.07. The van der Waals surface area contributed by atoms with Crippen LogP contribution < -0.4 is 0 Å². The molecule has 2 aliphatic rings. The van der Waals surface area contributed by atoms with Gasteiger partial charge < -0.3 is 14.3 Å². The van der Waals surface area contributed by atoms with Crippen molar-refractivity contribution in [2.45, 2.75) is 25.9 Å². The van der Waals surface area contributed by atoms with Crippen molar-refractivity contribution >= 4 is 29.2 Å². The number of thiophene rings is 1. The molecule has 170 valence electrons. The Morgan fingerprint density at radius 1 is 1.12 bits per heavy atom. The van der Waals surface area contributed by atoms with Gasteiger partial charge in [-0.1, -0.05) is 35.5 Å². The highest BCUT2D eigenvalue weighted by molar-refractivity contribution is 7.13. The molecule has 33 heavy (non-hydrogen) atoms. The van der Waals surface area contributed by atoms with Gasteiger partial charge in [-0.2, -0.15) is 4.98 Å². The van der Waals surface area contributed by atoms with E-state index in [0.717, 1.165) is 29.1 Å². The van der Waals surface area contributed by atoms with E-state index in [-0.39, 0.29) is 24.3 Å². The van der Waals surface area contributed by atoms with E-state index in [1.807, 2.05) is 52.8 Å². The van der Waals surface area contributed by atoms with Crippen molar-refractivity contribution < 1.29 is 14.1 Å². The molecule has 2 aromatic heterocycles. The van der Waals surface area contributed by atoms with Gasteiger partial charge in [-0.25, -0.2) is 0 Å². The molecule has 0 saturated carbocycles. The van der Waals surface area contributed by atoms with Crippen LogP contribution in [0.15, 0.2) is 52.5 Å². The predicted molar refractivity (Wildman–Crippen MR) is 125 cm³/mol. The molecule has 5 rings (SSSR count). The predicted octanol–water partition coefficient (Wildman–Crippen LogP) is 3.41. The summed E-state index contributed by atoms with van der Waals surface area (Å²) in [5.74, 6) is 1.20. The zero-order chi connectivity index (χ0) is 22.8. The van der Waals surface area contributed by atoms with Crippen molar-refractivity contribution in [3.05, 3.63) is 65.0 Å². The fourth-order valence-electron chi connectivity index (χ4n) is 4.38. The second kappa shape index (κ2) is 9.29. The van der Waals surface area contributed by atoms with Gasteiger partial charge in [-0.3, -0.25) is 14.5 Å². The number of carbonyl (C=O) groups excluding carboxylic acids is 2. The standard InChI is InChI=1S/C24H25N5O3S/c1-17(30)29-9-8-18-5-2-3-6-19(18)20(29)15-23(31)28-12-10-27(11-13-28)16-22-25-24(26-32-22)21-7-4-14-33-21/h2-9,14,20H,10-13,15-16H2,1H3. The van der Waals surface area contributed by atoms with E-state index in [0.29, 0.717) is 31.3 Å². The first-order valence-electron chi connectivity index (χ1n) is 11.0. The maximum Gasteiger partial charge on any atom is 0.241 e. The molecular weight excluding hydrogens is 438 g/mol. The Bertz CT molecular complexity index is 1160. The first-order chi connectivity index (χ1) is 16.1. The van der Waals surface area contributed by atoms with Crippen LogP contribution >= 0.6 is 11.3 Å². The van der Waals surface area contributed by atoms with Crippen molar-refractivity contribution in [2.24, 2.45) is 0 Å². The first-order valence-corrected chi connectivity index (χ1v) is 11.9. The zero-order valence-corrected chi connectivity index (χ0v) is 19.2. The summed E-state index contributed by atoms with van der Waals surface area (Å²) < 4.78 is 5.41. The summed E-state index contributed by atoms with van der Waals surface area (Å²) >= 11 is 1.58. The van der Waals surface area contributed by atoms with Gasteiger partial charge in [0.15, 0.2) is 0 Å². The van der Waals surface area contributed by atoms with Crippen molar-refractivity contribution in [1.82, 2.24) is 24.8 Å². The summed E-state index contributed by atoms with van der Waals surface area (Å²) in [7, 11) is 0.